The molecule has 1 N–H and O–H groups in total. The first-order valence-corrected chi connectivity index (χ1v) is 7.98. The van der Waals surface area contributed by atoms with Crippen molar-refractivity contribution in [1.29, 1.82) is 0 Å². The minimum absolute atomic E-state index is 0.0781. The Morgan fingerprint density at radius 2 is 2.30 bits per heavy atom. The molecule has 0 aliphatic carbocycles. The van der Waals surface area contributed by atoms with Gasteiger partial charge in [-0.1, -0.05) is 11.6 Å². The molecule has 112 valence electrons. The number of halogens is 2. The average molecular weight is 323 g/mol. The highest BCUT2D eigenvalue weighted by atomic mass is 35.5. The molecule has 0 radical (unpaired) electrons. The highest BCUT2D eigenvalue weighted by molar-refractivity contribution is 7.89. The third kappa shape index (κ3) is 3.29. The zero-order valence-corrected chi connectivity index (χ0v) is 12.5. The first-order valence-electron chi connectivity index (χ1n) is 6.16. The molecule has 20 heavy (non-hydrogen) atoms. The smallest absolute Gasteiger partial charge is 0.244 e. The fourth-order valence-corrected chi connectivity index (χ4v) is 4.05. The van der Waals surface area contributed by atoms with Gasteiger partial charge in [-0.25, -0.2) is 12.8 Å². The van der Waals surface area contributed by atoms with Gasteiger partial charge in [0.25, 0.3) is 0 Å². The van der Waals surface area contributed by atoms with E-state index in [-0.39, 0.29) is 29.1 Å². The summed E-state index contributed by atoms with van der Waals surface area (Å²) >= 11 is 5.84. The number of sulfonamides is 1. The largest absolute Gasteiger partial charge is 0.374 e. The van der Waals surface area contributed by atoms with Gasteiger partial charge in [-0.05, 0) is 25.2 Å². The quantitative estimate of drug-likeness (QED) is 0.901. The Hall–Kier alpha value is -0.730. The van der Waals surface area contributed by atoms with E-state index in [1.807, 2.05) is 0 Å². The lowest BCUT2D eigenvalue weighted by atomic mass is 10.3. The van der Waals surface area contributed by atoms with E-state index in [4.69, 9.17) is 16.3 Å². The van der Waals surface area contributed by atoms with E-state index in [1.54, 1.807) is 7.05 Å². The second kappa shape index (κ2) is 6.36. The van der Waals surface area contributed by atoms with Crippen LogP contribution in [0, 0.1) is 5.82 Å². The van der Waals surface area contributed by atoms with Crippen LogP contribution in [0.5, 0.6) is 0 Å². The van der Waals surface area contributed by atoms with Crippen LogP contribution in [-0.2, 0) is 14.8 Å². The summed E-state index contributed by atoms with van der Waals surface area (Å²) in [6.45, 7) is 1.39. The van der Waals surface area contributed by atoms with Gasteiger partial charge in [0.2, 0.25) is 10.0 Å². The van der Waals surface area contributed by atoms with Crippen LogP contribution in [0.25, 0.3) is 0 Å². The van der Waals surface area contributed by atoms with E-state index in [9.17, 15) is 12.8 Å². The van der Waals surface area contributed by atoms with Crippen molar-refractivity contribution in [3.63, 3.8) is 0 Å². The zero-order valence-electron chi connectivity index (χ0n) is 11.0. The maximum absolute atomic E-state index is 13.0. The highest BCUT2D eigenvalue weighted by Crippen LogP contribution is 2.26. The first kappa shape index (κ1) is 15.7. The normalized spacial score (nSPS) is 21.1. The van der Waals surface area contributed by atoms with E-state index >= 15 is 0 Å². The maximum Gasteiger partial charge on any atom is 0.244 e. The number of likely N-dealkylation sites (N-methyl/N-ethyl adjacent to an activating group) is 1. The Labute approximate surface area is 122 Å². The fourth-order valence-electron chi connectivity index (χ4n) is 2.09. The number of benzene rings is 1. The summed E-state index contributed by atoms with van der Waals surface area (Å²) in [5, 5.41) is 2.84. The molecule has 1 aromatic rings. The van der Waals surface area contributed by atoms with Crippen molar-refractivity contribution in [2.24, 2.45) is 0 Å². The molecule has 0 aromatic heterocycles. The van der Waals surface area contributed by atoms with Crippen LogP contribution in [0.15, 0.2) is 23.1 Å². The van der Waals surface area contributed by atoms with Crippen molar-refractivity contribution in [3.05, 3.63) is 29.0 Å². The number of morpholine rings is 1. The molecule has 1 heterocycles. The van der Waals surface area contributed by atoms with Gasteiger partial charge in [-0.15, -0.1) is 0 Å². The summed E-state index contributed by atoms with van der Waals surface area (Å²) in [7, 11) is -1.96. The predicted octanol–water partition coefficient (Wildman–Crippen LogP) is 1.09. The second-order valence-corrected chi connectivity index (χ2v) is 6.80. The summed E-state index contributed by atoms with van der Waals surface area (Å²) in [6, 6.07) is 3.28. The average Bonchev–Trinajstić information content (AvgIpc) is 2.39. The van der Waals surface area contributed by atoms with Crippen molar-refractivity contribution in [3.8, 4) is 0 Å². The van der Waals surface area contributed by atoms with Gasteiger partial charge in [0.15, 0.2) is 0 Å². The van der Waals surface area contributed by atoms with Gasteiger partial charge in [-0.2, -0.15) is 4.31 Å². The molecule has 1 aromatic carbocycles. The lowest BCUT2D eigenvalue weighted by Gasteiger charge is -2.32. The second-order valence-electron chi connectivity index (χ2n) is 4.49. The minimum atomic E-state index is -3.73. The van der Waals surface area contributed by atoms with Crippen molar-refractivity contribution < 1.29 is 17.5 Å². The molecular formula is C12H16ClFN2O3S. The van der Waals surface area contributed by atoms with E-state index in [0.29, 0.717) is 13.2 Å². The molecule has 1 unspecified atom stereocenters. The van der Waals surface area contributed by atoms with Crippen molar-refractivity contribution >= 4 is 21.6 Å². The molecule has 1 atom stereocenters. The van der Waals surface area contributed by atoms with E-state index in [1.165, 1.54) is 10.4 Å². The maximum atomic E-state index is 13.0. The fraction of sp³-hybridized carbons (Fsp3) is 0.500. The predicted molar refractivity (Wildman–Crippen MR) is 73.8 cm³/mol. The minimum Gasteiger partial charge on any atom is -0.374 e. The number of rotatable bonds is 4. The first-order chi connectivity index (χ1) is 9.45. The topological polar surface area (TPSA) is 58.6 Å². The number of hydrogen-bond donors (Lipinski definition) is 1. The molecule has 0 saturated carbocycles. The Kier molecular flexibility index (Phi) is 4.98. The van der Waals surface area contributed by atoms with Crippen LogP contribution < -0.4 is 5.32 Å². The molecule has 0 spiro atoms. The van der Waals surface area contributed by atoms with E-state index < -0.39 is 15.8 Å². The third-order valence-corrected chi connectivity index (χ3v) is 5.39. The molecule has 1 aliphatic heterocycles. The monoisotopic (exact) mass is 322 g/mol. The van der Waals surface area contributed by atoms with E-state index in [2.05, 4.69) is 5.32 Å². The molecule has 1 aliphatic rings. The van der Waals surface area contributed by atoms with Crippen molar-refractivity contribution in [2.45, 2.75) is 11.0 Å². The summed E-state index contributed by atoms with van der Waals surface area (Å²) in [5.74, 6) is -0.566. The molecule has 5 nitrogen and oxygen atoms in total. The third-order valence-electron chi connectivity index (χ3n) is 3.05. The lowest BCUT2D eigenvalue weighted by Crippen LogP contribution is -2.48. The van der Waals surface area contributed by atoms with Gasteiger partial charge in [-0.3, -0.25) is 0 Å². The molecule has 2 rings (SSSR count). The molecule has 0 bridgehead atoms. The Balaban J connectivity index is 2.25. The van der Waals surface area contributed by atoms with Crippen LogP contribution in [0.1, 0.15) is 0 Å². The molecule has 8 heteroatoms. The lowest BCUT2D eigenvalue weighted by molar-refractivity contribution is 0.000824. The van der Waals surface area contributed by atoms with Gasteiger partial charge < -0.3 is 10.1 Å². The van der Waals surface area contributed by atoms with Crippen LogP contribution >= 0.6 is 11.6 Å². The number of nitrogens with one attached hydrogen (secondary N) is 1. The molecule has 0 amide bonds. The number of ether oxygens (including phenoxy) is 1. The van der Waals surface area contributed by atoms with E-state index in [0.717, 1.165) is 12.1 Å². The van der Waals surface area contributed by atoms with Gasteiger partial charge in [0, 0.05) is 19.6 Å². The SMILES string of the molecule is CNCC1CN(S(=O)(=O)c2ccc(F)cc2Cl)CCO1. The van der Waals surface area contributed by atoms with Crippen LogP contribution in [0.2, 0.25) is 5.02 Å². The molecule has 1 fully saturated rings. The Morgan fingerprint density at radius 3 is 2.95 bits per heavy atom. The van der Waals surface area contributed by atoms with Gasteiger partial charge in [0.1, 0.15) is 10.7 Å². The molecular weight excluding hydrogens is 307 g/mol. The Bertz CT molecular complexity index is 580. The summed E-state index contributed by atoms with van der Waals surface area (Å²) in [6.07, 6.45) is -0.206. The standard InChI is InChI=1S/C12H16ClFN2O3S/c1-15-7-10-8-16(4-5-19-10)20(17,18)12-3-2-9(14)6-11(12)13/h2-3,6,10,15H,4-5,7-8H2,1H3. The van der Waals surface area contributed by atoms with Crippen LogP contribution in [0.4, 0.5) is 4.39 Å². The Morgan fingerprint density at radius 1 is 1.55 bits per heavy atom. The summed E-state index contributed by atoms with van der Waals surface area (Å²) in [4.78, 5) is -0.0781. The summed E-state index contributed by atoms with van der Waals surface area (Å²) < 4.78 is 44.8. The highest BCUT2D eigenvalue weighted by Gasteiger charge is 2.31. The van der Waals surface area contributed by atoms with Crippen molar-refractivity contribution in [2.75, 3.05) is 33.3 Å². The molecule has 1 saturated heterocycles. The number of hydrogen-bond acceptors (Lipinski definition) is 4. The summed E-state index contributed by atoms with van der Waals surface area (Å²) in [5.41, 5.74) is 0. The van der Waals surface area contributed by atoms with Gasteiger partial charge in [0.05, 0.1) is 17.7 Å². The van der Waals surface area contributed by atoms with Crippen LogP contribution in [0.3, 0.4) is 0 Å². The number of nitrogens with zero attached hydrogens (tertiary/aromatic N) is 1. The van der Waals surface area contributed by atoms with Gasteiger partial charge >= 0.3 is 0 Å². The van der Waals surface area contributed by atoms with Crippen molar-refractivity contribution in [1.82, 2.24) is 9.62 Å². The van der Waals surface area contributed by atoms with Crippen LogP contribution in [-0.4, -0.2) is 52.1 Å². The zero-order chi connectivity index (χ0) is 14.8.